The van der Waals surface area contributed by atoms with Gasteiger partial charge < -0.3 is 25.2 Å². The highest BCUT2D eigenvalue weighted by Gasteiger charge is 2.35. The predicted octanol–water partition coefficient (Wildman–Crippen LogP) is 0.589. The van der Waals surface area contributed by atoms with Crippen LogP contribution in [0.5, 0.6) is 11.5 Å². The Morgan fingerprint density at radius 1 is 1.29 bits per heavy atom. The minimum atomic E-state index is -0.737. The van der Waals surface area contributed by atoms with Crippen molar-refractivity contribution in [3.05, 3.63) is 23.3 Å². The maximum absolute atomic E-state index is 9.74. The van der Waals surface area contributed by atoms with Crippen molar-refractivity contribution in [1.29, 1.82) is 0 Å². The van der Waals surface area contributed by atoms with Gasteiger partial charge in [0.15, 0.2) is 0 Å². The molecule has 94 valence electrons. The first-order valence-electron chi connectivity index (χ1n) is 5.49. The van der Waals surface area contributed by atoms with E-state index in [0.29, 0.717) is 17.5 Å². The quantitative estimate of drug-likeness (QED) is 0.607. The Balaban J connectivity index is 2.27. The summed E-state index contributed by atoms with van der Waals surface area (Å²) < 4.78 is 5.44. The number of phenols is 2. The van der Waals surface area contributed by atoms with Crippen molar-refractivity contribution in [2.75, 3.05) is 6.61 Å². The minimum Gasteiger partial charge on any atom is -0.508 e. The molecule has 1 aromatic rings. The smallest absolute Gasteiger partial charge is 0.125 e. The average Bonchev–Trinajstić information content (AvgIpc) is 2.65. The van der Waals surface area contributed by atoms with E-state index in [9.17, 15) is 15.3 Å². The Morgan fingerprint density at radius 3 is 2.59 bits per heavy atom. The second-order valence-electron chi connectivity index (χ2n) is 4.35. The highest BCUT2D eigenvalue weighted by atomic mass is 16.5. The number of aliphatic hydroxyl groups is 2. The van der Waals surface area contributed by atoms with Gasteiger partial charge in [-0.15, -0.1) is 0 Å². The van der Waals surface area contributed by atoms with E-state index in [1.165, 1.54) is 6.07 Å². The first-order valence-corrected chi connectivity index (χ1v) is 5.49. The molecule has 0 saturated carbocycles. The molecule has 3 atom stereocenters. The van der Waals surface area contributed by atoms with Gasteiger partial charge in [-0.1, -0.05) is 0 Å². The van der Waals surface area contributed by atoms with E-state index in [0.717, 1.165) is 0 Å². The van der Waals surface area contributed by atoms with Gasteiger partial charge in [0.05, 0.1) is 18.8 Å². The topological polar surface area (TPSA) is 90.2 Å². The van der Waals surface area contributed by atoms with Gasteiger partial charge in [0, 0.05) is 18.1 Å². The number of aromatic hydroxyl groups is 2. The van der Waals surface area contributed by atoms with Gasteiger partial charge in [-0.05, 0) is 18.6 Å². The third-order valence-corrected chi connectivity index (χ3v) is 3.10. The highest BCUT2D eigenvalue weighted by Crippen LogP contribution is 2.39. The van der Waals surface area contributed by atoms with E-state index in [1.807, 2.05) is 0 Å². The van der Waals surface area contributed by atoms with Gasteiger partial charge in [-0.3, -0.25) is 0 Å². The van der Waals surface area contributed by atoms with E-state index in [1.54, 1.807) is 13.0 Å². The van der Waals surface area contributed by atoms with Crippen molar-refractivity contribution < 1.29 is 25.2 Å². The van der Waals surface area contributed by atoms with Crippen LogP contribution in [0.1, 0.15) is 23.7 Å². The van der Waals surface area contributed by atoms with Gasteiger partial charge in [0.1, 0.15) is 17.6 Å². The maximum atomic E-state index is 9.74. The van der Waals surface area contributed by atoms with Crippen molar-refractivity contribution in [3.8, 4) is 11.5 Å². The lowest BCUT2D eigenvalue weighted by molar-refractivity contribution is -0.0230. The van der Waals surface area contributed by atoms with Gasteiger partial charge in [0.25, 0.3) is 0 Å². The summed E-state index contributed by atoms with van der Waals surface area (Å²) in [6.07, 6.45) is -1.49. The van der Waals surface area contributed by atoms with E-state index >= 15 is 0 Å². The molecule has 5 heteroatoms. The summed E-state index contributed by atoms with van der Waals surface area (Å²) in [6, 6.07) is 2.88. The van der Waals surface area contributed by atoms with Crippen LogP contribution in [-0.2, 0) is 4.74 Å². The van der Waals surface area contributed by atoms with Crippen LogP contribution < -0.4 is 0 Å². The fraction of sp³-hybridized carbons (Fsp3) is 0.500. The molecule has 1 heterocycles. The molecule has 0 radical (unpaired) electrons. The average molecular weight is 240 g/mol. The first-order chi connectivity index (χ1) is 8.02. The van der Waals surface area contributed by atoms with Crippen LogP contribution in [0, 0.1) is 6.92 Å². The van der Waals surface area contributed by atoms with Crippen LogP contribution in [0.25, 0.3) is 0 Å². The van der Waals surface area contributed by atoms with E-state index in [2.05, 4.69) is 0 Å². The summed E-state index contributed by atoms with van der Waals surface area (Å²) in [6.45, 7) is 1.46. The Morgan fingerprint density at radius 2 is 2.00 bits per heavy atom. The van der Waals surface area contributed by atoms with Crippen LogP contribution in [0.2, 0.25) is 0 Å². The molecule has 3 unspecified atom stereocenters. The van der Waals surface area contributed by atoms with E-state index < -0.39 is 18.3 Å². The number of benzene rings is 1. The normalized spacial score (nSPS) is 28.5. The Labute approximate surface area is 98.9 Å². The third-order valence-electron chi connectivity index (χ3n) is 3.10. The molecule has 0 amide bonds. The monoisotopic (exact) mass is 240 g/mol. The number of aliphatic hydroxyl groups excluding tert-OH is 2. The third kappa shape index (κ3) is 2.22. The molecule has 0 aromatic heterocycles. The second-order valence-corrected chi connectivity index (χ2v) is 4.35. The van der Waals surface area contributed by atoms with E-state index in [4.69, 9.17) is 9.84 Å². The fourth-order valence-corrected chi connectivity index (χ4v) is 2.06. The lowest BCUT2D eigenvalue weighted by Crippen LogP contribution is -2.24. The zero-order valence-corrected chi connectivity index (χ0v) is 9.50. The molecule has 0 spiro atoms. The number of aryl methyl sites for hydroxylation is 1. The summed E-state index contributed by atoms with van der Waals surface area (Å²) in [7, 11) is 0. The number of hydrogen-bond donors (Lipinski definition) is 4. The SMILES string of the molecule is Cc1cc(C2CC(O)C(CO)O2)c(O)cc1O. The number of ether oxygens (including phenoxy) is 1. The van der Waals surface area contributed by atoms with Crippen molar-refractivity contribution >= 4 is 0 Å². The lowest BCUT2D eigenvalue weighted by Gasteiger charge is -2.14. The molecule has 4 N–H and O–H groups in total. The second kappa shape index (κ2) is 4.52. The zero-order valence-electron chi connectivity index (χ0n) is 9.50. The van der Waals surface area contributed by atoms with Crippen molar-refractivity contribution in [2.24, 2.45) is 0 Å². The summed E-state index contributed by atoms with van der Waals surface area (Å²) in [5, 5.41) is 37.8. The van der Waals surface area contributed by atoms with Gasteiger partial charge >= 0.3 is 0 Å². The van der Waals surface area contributed by atoms with Crippen molar-refractivity contribution in [2.45, 2.75) is 31.7 Å². The lowest BCUT2D eigenvalue weighted by atomic mass is 10.0. The zero-order chi connectivity index (χ0) is 12.6. The predicted molar refractivity (Wildman–Crippen MR) is 59.8 cm³/mol. The Hall–Kier alpha value is -1.30. The van der Waals surface area contributed by atoms with Crippen LogP contribution >= 0.6 is 0 Å². The summed E-state index contributed by atoms with van der Waals surface area (Å²) in [4.78, 5) is 0. The van der Waals surface area contributed by atoms with Crippen molar-refractivity contribution in [1.82, 2.24) is 0 Å². The molecule has 1 aromatic carbocycles. The number of phenolic OH excluding ortho intramolecular Hbond substituents is 2. The highest BCUT2D eigenvalue weighted by molar-refractivity contribution is 5.45. The standard InChI is InChI=1S/C12H16O5/c1-6-2-7(9(15)3-8(6)14)11-4-10(16)12(5-13)17-11/h2-3,10-16H,4-5H2,1H3. The maximum Gasteiger partial charge on any atom is 0.125 e. The molecule has 1 saturated heterocycles. The summed E-state index contributed by atoms with van der Waals surface area (Å²) in [5.74, 6) is -0.0487. The minimum absolute atomic E-state index is 0.0171. The molecule has 5 nitrogen and oxygen atoms in total. The molecule has 0 bridgehead atoms. The first kappa shape index (κ1) is 12.2. The molecular formula is C12H16O5. The number of rotatable bonds is 2. The Bertz CT molecular complexity index is 418. The van der Waals surface area contributed by atoms with Crippen LogP contribution in [0.4, 0.5) is 0 Å². The molecule has 1 aliphatic heterocycles. The molecule has 1 fully saturated rings. The van der Waals surface area contributed by atoms with E-state index in [-0.39, 0.29) is 18.1 Å². The Kier molecular flexibility index (Phi) is 3.24. The molecule has 17 heavy (non-hydrogen) atoms. The summed E-state index contributed by atoms with van der Waals surface area (Å²) >= 11 is 0. The van der Waals surface area contributed by atoms with Gasteiger partial charge in [0.2, 0.25) is 0 Å². The fourth-order valence-electron chi connectivity index (χ4n) is 2.06. The molecule has 2 rings (SSSR count). The van der Waals surface area contributed by atoms with Crippen LogP contribution in [0.15, 0.2) is 12.1 Å². The van der Waals surface area contributed by atoms with Crippen molar-refractivity contribution in [3.63, 3.8) is 0 Å². The largest absolute Gasteiger partial charge is 0.508 e. The van der Waals surface area contributed by atoms with Crippen LogP contribution in [-0.4, -0.2) is 39.2 Å². The van der Waals surface area contributed by atoms with Gasteiger partial charge in [-0.2, -0.15) is 0 Å². The van der Waals surface area contributed by atoms with Gasteiger partial charge in [-0.25, -0.2) is 0 Å². The molecule has 0 aliphatic carbocycles. The summed E-state index contributed by atoms with van der Waals surface area (Å²) in [5.41, 5.74) is 1.15. The van der Waals surface area contributed by atoms with Crippen LogP contribution in [0.3, 0.4) is 0 Å². The molecule has 1 aliphatic rings. The molecular weight excluding hydrogens is 224 g/mol. The number of hydrogen-bond acceptors (Lipinski definition) is 5.